The van der Waals surface area contributed by atoms with Gasteiger partial charge in [0.15, 0.2) is 0 Å². The third-order valence-electron chi connectivity index (χ3n) is 3.82. The number of nitrogens with zero attached hydrogens (tertiary/aromatic N) is 2. The molecule has 0 aliphatic rings. The molecule has 0 aliphatic carbocycles. The summed E-state index contributed by atoms with van der Waals surface area (Å²) in [7, 11) is 0. The van der Waals surface area contributed by atoms with Crippen molar-refractivity contribution in [3.8, 4) is 5.75 Å². The summed E-state index contributed by atoms with van der Waals surface area (Å²) < 4.78 is 6.95. The molecule has 0 fully saturated rings. The van der Waals surface area contributed by atoms with Crippen LogP contribution in [0, 0.1) is 0 Å². The second kappa shape index (κ2) is 8.49. The van der Waals surface area contributed by atoms with Crippen molar-refractivity contribution >= 4 is 28.4 Å². The second-order valence-electron chi connectivity index (χ2n) is 5.66. The SMILES string of the molecule is O=C(CCn1cnc2ccccc2c1=O)NCCOc1ccc(Cl)cc1. The van der Waals surface area contributed by atoms with E-state index in [1.807, 2.05) is 6.07 Å². The van der Waals surface area contributed by atoms with Gasteiger partial charge in [-0.2, -0.15) is 0 Å². The van der Waals surface area contributed by atoms with Gasteiger partial charge in [0, 0.05) is 18.0 Å². The van der Waals surface area contributed by atoms with E-state index < -0.39 is 0 Å². The molecule has 134 valence electrons. The van der Waals surface area contributed by atoms with Gasteiger partial charge in [-0.15, -0.1) is 0 Å². The number of aryl methyl sites for hydroxylation is 1. The fraction of sp³-hybridized carbons (Fsp3) is 0.211. The number of amides is 1. The molecule has 0 unspecified atom stereocenters. The third-order valence-corrected chi connectivity index (χ3v) is 4.07. The van der Waals surface area contributed by atoms with E-state index in [0.717, 1.165) is 0 Å². The Labute approximate surface area is 155 Å². The van der Waals surface area contributed by atoms with Gasteiger partial charge in [0.05, 0.1) is 23.8 Å². The van der Waals surface area contributed by atoms with Gasteiger partial charge in [0.25, 0.3) is 5.56 Å². The highest BCUT2D eigenvalue weighted by Crippen LogP contribution is 2.15. The molecule has 1 heterocycles. The number of hydrogen-bond donors (Lipinski definition) is 1. The number of nitrogens with one attached hydrogen (secondary N) is 1. The minimum absolute atomic E-state index is 0.144. The molecule has 0 aliphatic heterocycles. The van der Waals surface area contributed by atoms with Crippen molar-refractivity contribution in [2.24, 2.45) is 0 Å². The molecule has 0 bridgehead atoms. The number of hydrogen-bond acceptors (Lipinski definition) is 4. The number of fused-ring (bicyclic) bond motifs is 1. The standard InChI is InChI=1S/C19H18ClN3O3/c20-14-5-7-15(8-6-14)26-12-10-21-18(24)9-11-23-13-22-17-4-2-1-3-16(17)19(23)25/h1-8,13H,9-12H2,(H,21,24). The number of carbonyl (C=O) groups is 1. The molecular weight excluding hydrogens is 354 g/mol. The summed E-state index contributed by atoms with van der Waals surface area (Å²) in [6.07, 6.45) is 1.67. The van der Waals surface area contributed by atoms with Crippen LogP contribution in [-0.4, -0.2) is 28.6 Å². The monoisotopic (exact) mass is 371 g/mol. The highest BCUT2D eigenvalue weighted by atomic mass is 35.5. The number of halogens is 1. The van der Waals surface area contributed by atoms with Crippen molar-refractivity contribution < 1.29 is 9.53 Å². The lowest BCUT2D eigenvalue weighted by Gasteiger charge is -2.09. The number of benzene rings is 2. The van der Waals surface area contributed by atoms with E-state index in [2.05, 4.69) is 10.3 Å². The summed E-state index contributed by atoms with van der Waals surface area (Å²) in [6.45, 7) is 1.01. The maximum atomic E-state index is 12.3. The Morgan fingerprint density at radius 2 is 1.92 bits per heavy atom. The molecular formula is C19H18ClN3O3. The Morgan fingerprint density at radius 3 is 2.73 bits per heavy atom. The van der Waals surface area contributed by atoms with Crippen molar-refractivity contribution in [1.82, 2.24) is 14.9 Å². The predicted molar refractivity (Wildman–Crippen MR) is 101 cm³/mol. The van der Waals surface area contributed by atoms with Crippen LogP contribution in [0.2, 0.25) is 5.02 Å². The first-order chi connectivity index (χ1) is 12.6. The predicted octanol–water partition coefficient (Wildman–Crippen LogP) is 2.64. The van der Waals surface area contributed by atoms with Gasteiger partial charge >= 0.3 is 0 Å². The minimum Gasteiger partial charge on any atom is -0.492 e. The highest BCUT2D eigenvalue weighted by Gasteiger charge is 2.06. The lowest BCUT2D eigenvalue weighted by atomic mass is 10.2. The maximum absolute atomic E-state index is 12.3. The van der Waals surface area contributed by atoms with Crippen LogP contribution in [0.15, 0.2) is 59.7 Å². The quantitative estimate of drug-likeness (QED) is 0.648. The molecule has 26 heavy (non-hydrogen) atoms. The van der Waals surface area contributed by atoms with E-state index in [0.29, 0.717) is 34.8 Å². The molecule has 0 spiro atoms. The summed E-state index contributed by atoms with van der Waals surface area (Å²) in [5.74, 6) is 0.544. The molecule has 1 N–H and O–H groups in total. The molecule has 1 amide bonds. The van der Waals surface area contributed by atoms with Crippen LogP contribution >= 0.6 is 11.6 Å². The molecule has 0 radical (unpaired) electrons. The Morgan fingerprint density at radius 1 is 1.15 bits per heavy atom. The first kappa shape index (κ1) is 17.9. The molecule has 0 saturated heterocycles. The maximum Gasteiger partial charge on any atom is 0.261 e. The van der Waals surface area contributed by atoms with Crippen LogP contribution in [0.5, 0.6) is 5.75 Å². The van der Waals surface area contributed by atoms with Gasteiger partial charge in [0.2, 0.25) is 5.91 Å². The summed E-state index contributed by atoms with van der Waals surface area (Å²) in [6, 6.07) is 14.2. The first-order valence-corrected chi connectivity index (χ1v) is 8.60. The van der Waals surface area contributed by atoms with Gasteiger partial charge < -0.3 is 10.1 Å². The summed E-state index contributed by atoms with van der Waals surface area (Å²) in [5, 5.41) is 3.96. The minimum atomic E-state index is -0.148. The van der Waals surface area contributed by atoms with Gasteiger partial charge in [0.1, 0.15) is 12.4 Å². The number of aromatic nitrogens is 2. The number of rotatable bonds is 7. The van der Waals surface area contributed by atoms with E-state index in [9.17, 15) is 9.59 Å². The molecule has 7 heteroatoms. The van der Waals surface area contributed by atoms with E-state index in [1.54, 1.807) is 42.5 Å². The molecule has 0 atom stereocenters. The smallest absolute Gasteiger partial charge is 0.261 e. The molecule has 2 aromatic carbocycles. The van der Waals surface area contributed by atoms with Gasteiger partial charge in [-0.05, 0) is 36.4 Å². The summed E-state index contributed by atoms with van der Waals surface area (Å²) >= 11 is 5.80. The van der Waals surface area contributed by atoms with E-state index >= 15 is 0 Å². The van der Waals surface area contributed by atoms with Crippen molar-refractivity contribution in [1.29, 1.82) is 0 Å². The average molecular weight is 372 g/mol. The average Bonchev–Trinajstić information content (AvgIpc) is 2.66. The summed E-state index contributed by atoms with van der Waals surface area (Å²) in [4.78, 5) is 28.5. The third kappa shape index (κ3) is 4.61. The zero-order chi connectivity index (χ0) is 18.4. The fourth-order valence-corrected chi connectivity index (χ4v) is 2.59. The summed E-state index contributed by atoms with van der Waals surface area (Å²) in [5.41, 5.74) is 0.507. The molecule has 0 saturated carbocycles. The van der Waals surface area contributed by atoms with Crippen molar-refractivity contribution in [3.05, 3.63) is 70.2 Å². The van der Waals surface area contributed by atoms with Crippen LogP contribution in [0.1, 0.15) is 6.42 Å². The van der Waals surface area contributed by atoms with Crippen LogP contribution in [0.4, 0.5) is 0 Å². The lowest BCUT2D eigenvalue weighted by Crippen LogP contribution is -2.30. The van der Waals surface area contributed by atoms with Crippen LogP contribution in [0.25, 0.3) is 10.9 Å². The zero-order valence-electron chi connectivity index (χ0n) is 14.0. The van der Waals surface area contributed by atoms with E-state index in [-0.39, 0.29) is 24.4 Å². The topological polar surface area (TPSA) is 73.2 Å². The molecule has 1 aromatic heterocycles. The van der Waals surface area contributed by atoms with Gasteiger partial charge in [-0.3, -0.25) is 14.2 Å². The lowest BCUT2D eigenvalue weighted by molar-refractivity contribution is -0.121. The molecule has 3 aromatic rings. The number of carbonyl (C=O) groups excluding carboxylic acids is 1. The van der Waals surface area contributed by atoms with Crippen LogP contribution < -0.4 is 15.6 Å². The van der Waals surface area contributed by atoms with Crippen molar-refractivity contribution in [3.63, 3.8) is 0 Å². The molecule has 3 rings (SSSR count). The number of ether oxygens (including phenoxy) is 1. The fourth-order valence-electron chi connectivity index (χ4n) is 2.47. The Hall–Kier alpha value is -2.86. The Balaban J connectivity index is 1.45. The number of para-hydroxylation sites is 1. The van der Waals surface area contributed by atoms with Crippen LogP contribution in [0.3, 0.4) is 0 Å². The zero-order valence-corrected chi connectivity index (χ0v) is 14.8. The normalized spacial score (nSPS) is 10.7. The largest absolute Gasteiger partial charge is 0.492 e. The van der Waals surface area contributed by atoms with Gasteiger partial charge in [-0.25, -0.2) is 4.98 Å². The first-order valence-electron chi connectivity index (χ1n) is 8.23. The second-order valence-corrected chi connectivity index (χ2v) is 6.10. The Kier molecular flexibility index (Phi) is 5.86. The highest BCUT2D eigenvalue weighted by molar-refractivity contribution is 6.30. The van der Waals surface area contributed by atoms with Gasteiger partial charge in [-0.1, -0.05) is 23.7 Å². The van der Waals surface area contributed by atoms with Crippen molar-refractivity contribution in [2.75, 3.05) is 13.2 Å². The molecule has 6 nitrogen and oxygen atoms in total. The van der Waals surface area contributed by atoms with E-state index in [1.165, 1.54) is 10.9 Å². The van der Waals surface area contributed by atoms with Crippen LogP contribution in [-0.2, 0) is 11.3 Å². The van der Waals surface area contributed by atoms with E-state index in [4.69, 9.17) is 16.3 Å². The Bertz CT molecular complexity index is 954. The van der Waals surface area contributed by atoms with Crippen molar-refractivity contribution in [2.45, 2.75) is 13.0 Å².